The molecule has 3 aliphatic rings. The van der Waals surface area contributed by atoms with E-state index in [9.17, 15) is 19.3 Å². The molecule has 4 heterocycles. The van der Waals surface area contributed by atoms with E-state index in [0.717, 1.165) is 48.8 Å². The van der Waals surface area contributed by atoms with Crippen LogP contribution in [-0.4, -0.2) is 69.8 Å². The Kier molecular flexibility index (Phi) is 13.9. The molecule has 2 bridgehead atoms. The molecule has 48 heavy (non-hydrogen) atoms. The smallest absolute Gasteiger partial charge is 0.313 e. The number of carbonyl (C=O) groups is 2. The number of esters is 1. The Morgan fingerprint density at radius 1 is 1.10 bits per heavy atom. The molecular formula is C38H51N2O7P. The van der Waals surface area contributed by atoms with Crippen LogP contribution < -0.4 is 0 Å². The number of carboxylic acid groups (broad SMARTS) is 1. The van der Waals surface area contributed by atoms with Gasteiger partial charge in [0.05, 0.1) is 11.6 Å². The van der Waals surface area contributed by atoms with Crippen LogP contribution in [0.3, 0.4) is 0 Å². The van der Waals surface area contributed by atoms with Gasteiger partial charge >= 0.3 is 11.9 Å². The van der Waals surface area contributed by atoms with Gasteiger partial charge in [0.25, 0.3) is 0 Å². The van der Waals surface area contributed by atoms with E-state index in [-0.39, 0.29) is 24.5 Å². The number of para-hydroxylation sites is 1. The number of hydrogen-bond acceptors (Lipinski definition) is 8. The molecule has 0 aliphatic carbocycles. The highest BCUT2D eigenvalue weighted by atomic mass is 31.2. The monoisotopic (exact) mass is 678 g/mol. The van der Waals surface area contributed by atoms with Crippen molar-refractivity contribution in [1.29, 1.82) is 0 Å². The number of fused-ring (bicyclic) bond motifs is 4. The van der Waals surface area contributed by atoms with Crippen LogP contribution in [0.2, 0.25) is 0 Å². The highest BCUT2D eigenvalue weighted by Gasteiger charge is 2.42. The molecule has 0 spiro atoms. The van der Waals surface area contributed by atoms with Gasteiger partial charge in [-0.2, -0.15) is 0 Å². The van der Waals surface area contributed by atoms with Crippen LogP contribution in [0.5, 0.6) is 0 Å². The van der Waals surface area contributed by atoms with Crippen LogP contribution >= 0.6 is 7.37 Å². The maximum Gasteiger partial charge on any atom is 0.313 e. The summed E-state index contributed by atoms with van der Waals surface area (Å²) in [7, 11) is -3.45. The second-order valence-electron chi connectivity index (χ2n) is 13.2. The van der Waals surface area contributed by atoms with Gasteiger partial charge in [0, 0.05) is 42.7 Å². The number of aryl methyl sites for hydroxylation is 1. The molecule has 6 rings (SSSR count). The summed E-state index contributed by atoms with van der Waals surface area (Å²) >= 11 is 0. The lowest BCUT2D eigenvalue weighted by Gasteiger charge is -2.50. The molecule has 0 saturated carbocycles. The third-order valence-electron chi connectivity index (χ3n) is 9.33. The first-order valence-corrected chi connectivity index (χ1v) is 19.1. The van der Waals surface area contributed by atoms with E-state index in [1.165, 1.54) is 12.0 Å². The largest absolute Gasteiger partial charge is 0.481 e. The van der Waals surface area contributed by atoms with E-state index >= 15 is 0 Å². The Morgan fingerprint density at radius 2 is 1.83 bits per heavy atom. The molecule has 2 unspecified atom stereocenters. The van der Waals surface area contributed by atoms with Gasteiger partial charge in [0.15, 0.2) is 0 Å². The number of aromatic nitrogens is 1. The zero-order valence-electron chi connectivity index (χ0n) is 28.4. The Bertz CT molecular complexity index is 1540. The number of benzene rings is 2. The number of aliphatic hydroxyl groups excluding tert-OH is 1. The van der Waals surface area contributed by atoms with E-state index < -0.39 is 37.9 Å². The molecule has 3 saturated heterocycles. The van der Waals surface area contributed by atoms with E-state index in [1.54, 1.807) is 20.8 Å². The van der Waals surface area contributed by atoms with Gasteiger partial charge in [-0.25, -0.2) is 0 Å². The Labute approximate surface area is 284 Å². The molecule has 260 valence electrons. The normalized spacial score (nSPS) is 22.6. The average molecular weight is 679 g/mol. The molecule has 3 aromatic rings. The van der Waals surface area contributed by atoms with Gasteiger partial charge in [-0.05, 0) is 73.7 Å². The lowest BCUT2D eigenvalue weighted by atomic mass is 9.73. The van der Waals surface area contributed by atoms with Crippen molar-refractivity contribution in [3.8, 4) is 0 Å². The number of unbranched alkanes of at least 4 members (excludes halogenated alkanes) is 1. The van der Waals surface area contributed by atoms with Gasteiger partial charge in [0.1, 0.15) is 6.16 Å². The van der Waals surface area contributed by atoms with Gasteiger partial charge < -0.3 is 14.9 Å². The molecule has 0 radical (unpaired) electrons. The molecule has 3 fully saturated rings. The Balaban J connectivity index is 0.000000219. The van der Waals surface area contributed by atoms with Crippen molar-refractivity contribution < 1.29 is 33.6 Å². The summed E-state index contributed by atoms with van der Waals surface area (Å²) in [5.41, 5.74) is 3.15. The summed E-state index contributed by atoms with van der Waals surface area (Å²) in [4.78, 5) is 29.5. The number of hydrogen-bond donors (Lipinski definition) is 2. The Morgan fingerprint density at radius 3 is 2.48 bits per heavy atom. The molecule has 7 atom stereocenters. The number of carboxylic acids is 1. The SMILES string of the molecule is C=C[C@H]1CN2CC[C@H]1C[C@H]2[C@H](O)c1ccnc2ccccc12.CCC(=O)O[C@H](OP(=O)(CCCCc1ccccc1)CC(=O)O)C(C)C. The van der Waals surface area contributed by atoms with Gasteiger partial charge in [-0.3, -0.25) is 28.6 Å². The molecule has 2 N–H and O–H groups in total. The van der Waals surface area contributed by atoms with Crippen molar-refractivity contribution in [3.63, 3.8) is 0 Å². The van der Waals surface area contributed by atoms with Crippen molar-refractivity contribution in [2.45, 2.75) is 77.7 Å². The number of nitrogens with zero attached hydrogens (tertiary/aromatic N) is 2. The third-order valence-corrected chi connectivity index (χ3v) is 11.7. The minimum atomic E-state index is -3.45. The second-order valence-corrected chi connectivity index (χ2v) is 15.8. The number of piperidine rings is 3. The predicted molar refractivity (Wildman–Crippen MR) is 189 cm³/mol. The first kappa shape index (κ1) is 37.5. The van der Waals surface area contributed by atoms with Crippen LogP contribution in [-0.2, 0) is 29.8 Å². The van der Waals surface area contributed by atoms with Crippen LogP contribution in [0, 0.1) is 17.8 Å². The zero-order chi connectivity index (χ0) is 34.7. The molecule has 3 aliphatic heterocycles. The average Bonchev–Trinajstić information content (AvgIpc) is 3.09. The minimum Gasteiger partial charge on any atom is -0.481 e. The highest BCUT2D eigenvalue weighted by Crippen LogP contribution is 2.50. The van der Waals surface area contributed by atoms with E-state index in [1.807, 2.05) is 60.8 Å². The number of rotatable bonds is 15. The highest BCUT2D eigenvalue weighted by molar-refractivity contribution is 7.59. The first-order valence-electron chi connectivity index (χ1n) is 17.1. The van der Waals surface area contributed by atoms with Gasteiger partial charge in [-0.1, -0.05) is 75.4 Å². The van der Waals surface area contributed by atoms with Gasteiger partial charge in [0.2, 0.25) is 13.7 Å². The molecule has 0 amide bonds. The lowest BCUT2D eigenvalue weighted by Crippen LogP contribution is -2.54. The van der Waals surface area contributed by atoms with Crippen LogP contribution in [0.25, 0.3) is 10.9 Å². The maximum absolute atomic E-state index is 13.0. The Hall–Kier alpha value is -3.36. The summed E-state index contributed by atoms with van der Waals surface area (Å²) in [5.74, 6) is -0.603. The summed E-state index contributed by atoms with van der Waals surface area (Å²) in [6, 6.07) is 20.2. The van der Waals surface area contributed by atoms with E-state index in [2.05, 4.69) is 28.6 Å². The molecular weight excluding hydrogens is 627 g/mol. The fourth-order valence-corrected chi connectivity index (χ4v) is 8.79. The quantitative estimate of drug-likeness (QED) is 0.0553. The lowest BCUT2D eigenvalue weighted by molar-refractivity contribution is -0.169. The second kappa shape index (κ2) is 17.9. The molecule has 10 heteroatoms. The third kappa shape index (κ3) is 10.3. The first-order chi connectivity index (χ1) is 23.0. The summed E-state index contributed by atoms with van der Waals surface area (Å²) in [5, 5.41) is 21.2. The number of aliphatic hydroxyl groups is 1. The summed E-state index contributed by atoms with van der Waals surface area (Å²) in [6.07, 6.45) is 6.70. The van der Waals surface area contributed by atoms with Crippen LogP contribution in [0.15, 0.2) is 79.5 Å². The maximum atomic E-state index is 13.0. The van der Waals surface area contributed by atoms with Crippen LogP contribution in [0.1, 0.15) is 70.1 Å². The molecule has 1 aromatic heterocycles. The summed E-state index contributed by atoms with van der Waals surface area (Å²) in [6.45, 7) is 11.3. The fourth-order valence-electron chi connectivity index (χ4n) is 6.67. The van der Waals surface area contributed by atoms with Crippen molar-refractivity contribution >= 4 is 30.2 Å². The van der Waals surface area contributed by atoms with Gasteiger partial charge in [-0.15, -0.1) is 6.58 Å². The van der Waals surface area contributed by atoms with E-state index in [4.69, 9.17) is 14.4 Å². The topological polar surface area (TPSA) is 126 Å². The van der Waals surface area contributed by atoms with Crippen molar-refractivity contribution in [1.82, 2.24) is 9.88 Å². The van der Waals surface area contributed by atoms with Crippen molar-refractivity contribution in [3.05, 3.63) is 90.6 Å². The summed E-state index contributed by atoms with van der Waals surface area (Å²) < 4.78 is 23.8. The zero-order valence-corrected chi connectivity index (χ0v) is 29.3. The minimum absolute atomic E-state index is 0.152. The fraction of sp³-hybridized carbons (Fsp3) is 0.500. The molecule has 9 nitrogen and oxygen atoms in total. The van der Waals surface area contributed by atoms with Crippen LogP contribution in [0.4, 0.5) is 0 Å². The van der Waals surface area contributed by atoms with Crippen molar-refractivity contribution in [2.24, 2.45) is 17.8 Å². The predicted octanol–water partition coefficient (Wildman–Crippen LogP) is 7.49. The van der Waals surface area contributed by atoms with Crippen molar-refractivity contribution in [2.75, 3.05) is 25.4 Å². The number of aliphatic carboxylic acids is 1. The number of pyridine rings is 1. The van der Waals surface area contributed by atoms with E-state index in [0.29, 0.717) is 18.3 Å². The number of carbonyl (C=O) groups excluding carboxylic acids is 1. The standard InChI is InChI=1S/C19H22N2O.C19H29O6P/c1-2-13-12-21-10-8-14(13)11-18(21)19(22)16-7-9-20-17-6-4-3-5-15(16)17;1-4-18(22)24-19(15(2)3)25-26(23,14-17(20)21)13-9-8-12-16-10-6-5-7-11-16/h2-7,9,13-14,18-19,22H,1,8,10-12H2;5-7,10-11,15,19H,4,8-9,12-14H2,1-3H3,(H,20,21)/t13-,14-,18-,19+;19-,26?/m01/s1. The number of ether oxygens (including phenoxy) is 1. The molecule has 2 aromatic carbocycles.